The number of rotatable bonds is 4. The summed E-state index contributed by atoms with van der Waals surface area (Å²) in [5.74, 6) is 0.718. The molecule has 0 radical (unpaired) electrons. The zero-order valence-electron chi connectivity index (χ0n) is 16.1. The quantitative estimate of drug-likeness (QED) is 0.552. The summed E-state index contributed by atoms with van der Waals surface area (Å²) in [6, 6.07) is 7.46. The summed E-state index contributed by atoms with van der Waals surface area (Å²) in [5.41, 5.74) is 3.01. The van der Waals surface area contributed by atoms with E-state index in [-0.39, 0.29) is 11.7 Å². The van der Waals surface area contributed by atoms with Crippen molar-refractivity contribution in [3.8, 4) is 0 Å². The number of aromatic amines is 2. The van der Waals surface area contributed by atoms with Crippen molar-refractivity contribution in [2.45, 2.75) is 32.4 Å². The highest BCUT2D eigenvalue weighted by atomic mass is 16.2. The predicted octanol–water partition coefficient (Wildman–Crippen LogP) is 1.95. The SMILES string of the molecule is Cc1cc(NC(=O)NCc2ccc3[nH]c(=O)[nH]c3c2)n(C2CCN(C)CC2)n1. The van der Waals surface area contributed by atoms with Gasteiger partial charge in [-0.15, -0.1) is 0 Å². The molecule has 1 saturated heterocycles. The Kier molecular flexibility index (Phi) is 4.91. The molecule has 2 aromatic heterocycles. The average molecular weight is 383 g/mol. The van der Waals surface area contributed by atoms with Crippen LogP contribution < -0.4 is 16.3 Å². The standard InChI is InChI=1S/C19H25N7O2/c1-12-9-17(26(24-12)14-5-7-25(2)8-6-14)23-18(27)20-11-13-3-4-15-16(10-13)22-19(28)21-15/h3-4,9-10,14H,5-8,11H2,1-2H3,(H2,20,23,27)(H2,21,22,28). The van der Waals surface area contributed by atoms with Crippen molar-refractivity contribution in [3.63, 3.8) is 0 Å². The number of likely N-dealkylation sites (tertiary alicyclic amines) is 1. The zero-order valence-corrected chi connectivity index (χ0v) is 16.1. The Labute approximate surface area is 162 Å². The molecule has 1 fully saturated rings. The first-order chi connectivity index (χ1) is 13.5. The third-order valence-corrected chi connectivity index (χ3v) is 5.17. The molecule has 1 aliphatic heterocycles. The molecule has 28 heavy (non-hydrogen) atoms. The van der Waals surface area contributed by atoms with Gasteiger partial charge in [0.25, 0.3) is 0 Å². The smallest absolute Gasteiger partial charge is 0.323 e. The van der Waals surface area contributed by atoms with E-state index < -0.39 is 0 Å². The van der Waals surface area contributed by atoms with Crippen LogP contribution in [-0.4, -0.2) is 50.8 Å². The molecule has 0 bridgehead atoms. The molecular formula is C19H25N7O2. The number of carbonyl (C=O) groups excluding carboxylic acids is 1. The molecule has 2 amide bonds. The second-order valence-electron chi connectivity index (χ2n) is 7.42. The van der Waals surface area contributed by atoms with Crippen LogP contribution >= 0.6 is 0 Å². The van der Waals surface area contributed by atoms with E-state index in [0.717, 1.165) is 54.0 Å². The van der Waals surface area contributed by atoms with Gasteiger partial charge in [-0.05, 0) is 57.6 Å². The van der Waals surface area contributed by atoms with Gasteiger partial charge in [-0.1, -0.05) is 6.07 Å². The monoisotopic (exact) mass is 383 g/mol. The summed E-state index contributed by atoms with van der Waals surface area (Å²) in [5, 5.41) is 10.4. The minimum absolute atomic E-state index is 0.240. The molecular weight excluding hydrogens is 358 g/mol. The molecule has 148 valence electrons. The van der Waals surface area contributed by atoms with Gasteiger partial charge in [0.05, 0.1) is 22.8 Å². The lowest BCUT2D eigenvalue weighted by atomic mass is 10.1. The molecule has 9 heteroatoms. The van der Waals surface area contributed by atoms with Crippen molar-refractivity contribution >= 4 is 22.9 Å². The Morgan fingerprint density at radius 1 is 1.21 bits per heavy atom. The summed E-state index contributed by atoms with van der Waals surface area (Å²) >= 11 is 0. The van der Waals surface area contributed by atoms with Crippen LogP contribution in [0.2, 0.25) is 0 Å². The molecule has 0 atom stereocenters. The molecule has 4 N–H and O–H groups in total. The van der Waals surface area contributed by atoms with Crippen LogP contribution in [0.4, 0.5) is 10.6 Å². The highest BCUT2D eigenvalue weighted by molar-refractivity contribution is 5.88. The second kappa shape index (κ2) is 7.51. The summed E-state index contributed by atoms with van der Waals surface area (Å²) in [6.45, 7) is 4.34. The van der Waals surface area contributed by atoms with Crippen LogP contribution in [0.3, 0.4) is 0 Å². The number of hydrogen-bond acceptors (Lipinski definition) is 4. The van der Waals surface area contributed by atoms with Gasteiger partial charge in [0.2, 0.25) is 0 Å². The number of benzene rings is 1. The fourth-order valence-corrected chi connectivity index (χ4v) is 3.66. The van der Waals surface area contributed by atoms with Gasteiger partial charge in [-0.2, -0.15) is 5.10 Å². The number of imidazole rings is 1. The van der Waals surface area contributed by atoms with Crippen LogP contribution in [0.15, 0.2) is 29.1 Å². The van der Waals surface area contributed by atoms with Crippen LogP contribution in [0, 0.1) is 6.92 Å². The second-order valence-corrected chi connectivity index (χ2v) is 7.42. The van der Waals surface area contributed by atoms with E-state index in [4.69, 9.17) is 0 Å². The van der Waals surface area contributed by atoms with Gasteiger partial charge < -0.3 is 20.2 Å². The molecule has 9 nitrogen and oxygen atoms in total. The lowest BCUT2D eigenvalue weighted by molar-refractivity contribution is 0.213. The van der Waals surface area contributed by atoms with Gasteiger partial charge in [-0.3, -0.25) is 5.32 Å². The zero-order chi connectivity index (χ0) is 19.7. The highest BCUT2D eigenvalue weighted by Gasteiger charge is 2.22. The summed E-state index contributed by atoms with van der Waals surface area (Å²) < 4.78 is 1.94. The largest absolute Gasteiger partial charge is 0.334 e. The highest BCUT2D eigenvalue weighted by Crippen LogP contribution is 2.25. The van der Waals surface area contributed by atoms with Crippen molar-refractivity contribution in [3.05, 3.63) is 46.0 Å². The van der Waals surface area contributed by atoms with Gasteiger partial charge in [0.15, 0.2) is 0 Å². The maximum atomic E-state index is 12.4. The molecule has 0 aliphatic carbocycles. The Balaban J connectivity index is 1.40. The molecule has 0 saturated carbocycles. The number of nitrogens with one attached hydrogen (secondary N) is 4. The Bertz CT molecular complexity index is 1040. The molecule has 0 spiro atoms. The predicted molar refractivity (Wildman–Crippen MR) is 108 cm³/mol. The van der Waals surface area contributed by atoms with Gasteiger partial charge in [-0.25, -0.2) is 14.3 Å². The van der Waals surface area contributed by atoms with Crippen molar-refractivity contribution in [2.24, 2.45) is 0 Å². The van der Waals surface area contributed by atoms with E-state index in [1.165, 1.54) is 0 Å². The number of aromatic nitrogens is 4. The number of carbonyl (C=O) groups is 1. The van der Waals surface area contributed by atoms with Crippen LogP contribution in [-0.2, 0) is 6.54 Å². The normalized spacial score (nSPS) is 15.8. The number of piperidine rings is 1. The van der Waals surface area contributed by atoms with Crippen LogP contribution in [0.25, 0.3) is 11.0 Å². The Morgan fingerprint density at radius 3 is 2.75 bits per heavy atom. The van der Waals surface area contributed by atoms with E-state index >= 15 is 0 Å². The third kappa shape index (κ3) is 3.94. The first kappa shape index (κ1) is 18.3. The van der Waals surface area contributed by atoms with Crippen molar-refractivity contribution < 1.29 is 4.79 Å². The fraction of sp³-hybridized carbons (Fsp3) is 0.421. The van der Waals surface area contributed by atoms with Crippen molar-refractivity contribution in [1.82, 2.24) is 30.0 Å². The lowest BCUT2D eigenvalue weighted by Crippen LogP contribution is -2.33. The van der Waals surface area contributed by atoms with E-state index in [2.05, 4.69) is 37.6 Å². The average Bonchev–Trinajstić information content (AvgIpc) is 3.21. The molecule has 0 unspecified atom stereocenters. The topological polar surface area (TPSA) is 111 Å². The lowest BCUT2D eigenvalue weighted by Gasteiger charge is -2.30. The number of anilines is 1. The third-order valence-electron chi connectivity index (χ3n) is 5.17. The molecule has 1 aliphatic rings. The van der Waals surface area contributed by atoms with Crippen molar-refractivity contribution in [1.29, 1.82) is 0 Å². The number of aryl methyl sites for hydroxylation is 1. The van der Waals surface area contributed by atoms with E-state index in [1.807, 2.05) is 35.9 Å². The Hall–Kier alpha value is -3.07. The maximum absolute atomic E-state index is 12.4. The van der Waals surface area contributed by atoms with Crippen LogP contribution in [0.1, 0.15) is 30.1 Å². The first-order valence-electron chi connectivity index (χ1n) is 9.48. The van der Waals surface area contributed by atoms with E-state index in [9.17, 15) is 9.59 Å². The van der Waals surface area contributed by atoms with Crippen molar-refractivity contribution in [2.75, 3.05) is 25.5 Å². The minimum atomic E-state index is -0.281. The number of amides is 2. The van der Waals surface area contributed by atoms with Gasteiger partial charge in [0, 0.05) is 12.6 Å². The summed E-state index contributed by atoms with van der Waals surface area (Å²) in [6.07, 6.45) is 2.03. The fourth-order valence-electron chi connectivity index (χ4n) is 3.66. The Morgan fingerprint density at radius 2 is 1.96 bits per heavy atom. The van der Waals surface area contributed by atoms with Crippen LogP contribution in [0.5, 0.6) is 0 Å². The van der Waals surface area contributed by atoms with Gasteiger partial charge >= 0.3 is 11.7 Å². The number of nitrogens with zero attached hydrogens (tertiary/aromatic N) is 3. The molecule has 3 heterocycles. The number of fused-ring (bicyclic) bond motifs is 1. The van der Waals surface area contributed by atoms with Gasteiger partial charge in [0.1, 0.15) is 5.82 Å². The maximum Gasteiger partial charge on any atom is 0.323 e. The molecule has 3 aromatic rings. The summed E-state index contributed by atoms with van der Waals surface area (Å²) in [7, 11) is 2.12. The number of H-pyrrole nitrogens is 2. The van der Waals surface area contributed by atoms with E-state index in [1.54, 1.807) is 0 Å². The van der Waals surface area contributed by atoms with E-state index in [0.29, 0.717) is 12.6 Å². The minimum Gasteiger partial charge on any atom is -0.334 e. The molecule has 4 rings (SSSR count). The number of urea groups is 1. The number of hydrogen-bond donors (Lipinski definition) is 4. The molecule has 1 aromatic carbocycles. The summed E-state index contributed by atoms with van der Waals surface area (Å²) in [4.78, 5) is 31.5. The first-order valence-corrected chi connectivity index (χ1v) is 9.48.